The molecule has 1 unspecified atom stereocenters. The van der Waals surface area contributed by atoms with Gasteiger partial charge in [0.25, 0.3) is 11.7 Å². The topological polar surface area (TPSA) is 83.4 Å². The van der Waals surface area contributed by atoms with E-state index in [-0.39, 0.29) is 11.3 Å². The second-order valence-electron chi connectivity index (χ2n) is 7.43. The van der Waals surface area contributed by atoms with E-state index in [9.17, 15) is 14.7 Å². The number of benzene rings is 1. The van der Waals surface area contributed by atoms with Crippen LogP contribution in [-0.2, 0) is 9.59 Å². The number of pyridine rings is 2. The van der Waals surface area contributed by atoms with Gasteiger partial charge in [0, 0.05) is 36.0 Å². The van der Waals surface area contributed by atoms with Crippen molar-refractivity contribution in [1.29, 1.82) is 0 Å². The number of ketones is 1. The normalized spacial score (nSPS) is 18.2. The van der Waals surface area contributed by atoms with Crippen LogP contribution in [0.4, 0.5) is 5.69 Å². The van der Waals surface area contributed by atoms with E-state index < -0.39 is 17.7 Å². The van der Waals surface area contributed by atoms with Crippen LogP contribution in [0, 0.1) is 0 Å². The van der Waals surface area contributed by atoms with Crippen LogP contribution in [-0.4, -0.2) is 26.8 Å². The minimum Gasteiger partial charge on any atom is -0.507 e. The number of aliphatic hydroxyl groups is 1. The summed E-state index contributed by atoms with van der Waals surface area (Å²) in [5.74, 6) is -1.28. The number of anilines is 1. The number of hydrogen-bond acceptors (Lipinski definition) is 5. The quantitative estimate of drug-likeness (QED) is 0.403. The molecule has 0 spiro atoms. The van der Waals surface area contributed by atoms with Gasteiger partial charge in [0.1, 0.15) is 5.76 Å². The molecule has 0 aliphatic carbocycles. The Balaban J connectivity index is 1.90. The van der Waals surface area contributed by atoms with Gasteiger partial charge in [0.15, 0.2) is 0 Å². The Morgan fingerprint density at radius 3 is 2.03 bits per heavy atom. The van der Waals surface area contributed by atoms with Gasteiger partial charge in [-0.05, 0) is 53.4 Å². The fraction of sp³-hybridized carbons (Fsp3) is 0.167. The van der Waals surface area contributed by atoms with Crippen molar-refractivity contribution in [3.05, 3.63) is 95.6 Å². The molecule has 1 aliphatic rings. The lowest BCUT2D eigenvalue weighted by atomic mass is 9.96. The first-order valence-electron chi connectivity index (χ1n) is 9.70. The van der Waals surface area contributed by atoms with Crippen molar-refractivity contribution in [2.24, 2.45) is 0 Å². The summed E-state index contributed by atoms with van der Waals surface area (Å²) in [6.45, 7) is 4.18. The Bertz CT molecular complexity index is 1110. The molecular formula is C24H21N3O3. The van der Waals surface area contributed by atoms with Gasteiger partial charge in [0.2, 0.25) is 0 Å². The number of aliphatic hydroxyl groups excluding tert-OH is 1. The molecule has 3 heterocycles. The first-order valence-corrected chi connectivity index (χ1v) is 9.70. The van der Waals surface area contributed by atoms with Crippen LogP contribution in [0.15, 0.2) is 78.9 Å². The molecule has 30 heavy (non-hydrogen) atoms. The summed E-state index contributed by atoms with van der Waals surface area (Å²) in [4.78, 5) is 35.5. The molecule has 0 saturated carbocycles. The van der Waals surface area contributed by atoms with E-state index in [1.807, 2.05) is 24.3 Å². The molecule has 1 saturated heterocycles. The van der Waals surface area contributed by atoms with Gasteiger partial charge in [-0.2, -0.15) is 0 Å². The first-order chi connectivity index (χ1) is 14.5. The molecule has 1 N–H and O–H groups in total. The maximum absolute atomic E-state index is 13.1. The highest BCUT2D eigenvalue weighted by Crippen LogP contribution is 2.42. The van der Waals surface area contributed by atoms with E-state index in [2.05, 4.69) is 23.8 Å². The maximum atomic E-state index is 13.1. The van der Waals surface area contributed by atoms with Crippen molar-refractivity contribution in [1.82, 2.24) is 9.97 Å². The molecule has 2 aromatic heterocycles. The highest BCUT2D eigenvalue weighted by atomic mass is 16.3. The van der Waals surface area contributed by atoms with Gasteiger partial charge in [-0.15, -0.1) is 0 Å². The number of amides is 1. The van der Waals surface area contributed by atoms with Gasteiger partial charge in [-0.1, -0.05) is 26.0 Å². The largest absolute Gasteiger partial charge is 0.507 e. The van der Waals surface area contributed by atoms with Gasteiger partial charge in [-0.3, -0.25) is 24.5 Å². The van der Waals surface area contributed by atoms with E-state index in [0.29, 0.717) is 22.7 Å². The van der Waals surface area contributed by atoms with Gasteiger partial charge >= 0.3 is 0 Å². The predicted octanol–water partition coefficient (Wildman–Crippen LogP) is 4.23. The molecule has 1 amide bonds. The van der Waals surface area contributed by atoms with Crippen LogP contribution in [0.3, 0.4) is 0 Å². The average molecular weight is 399 g/mol. The molecular weight excluding hydrogens is 378 g/mol. The summed E-state index contributed by atoms with van der Waals surface area (Å²) >= 11 is 0. The van der Waals surface area contributed by atoms with Crippen LogP contribution in [0.5, 0.6) is 0 Å². The maximum Gasteiger partial charge on any atom is 0.300 e. The number of rotatable bonds is 4. The summed E-state index contributed by atoms with van der Waals surface area (Å²) in [5.41, 5.74) is 2.89. The third-order valence-electron chi connectivity index (χ3n) is 5.26. The van der Waals surface area contributed by atoms with Gasteiger partial charge in [0.05, 0.1) is 11.6 Å². The average Bonchev–Trinajstić information content (AvgIpc) is 3.05. The second kappa shape index (κ2) is 7.91. The monoisotopic (exact) mass is 399 g/mol. The molecule has 3 aromatic rings. The Kier molecular flexibility index (Phi) is 5.14. The Hall–Kier alpha value is -3.80. The number of hydrogen-bond donors (Lipinski definition) is 1. The molecule has 150 valence electrons. The number of aromatic nitrogens is 2. The molecule has 1 fully saturated rings. The van der Waals surface area contributed by atoms with Crippen molar-refractivity contribution in [3.63, 3.8) is 0 Å². The minimum atomic E-state index is -0.758. The summed E-state index contributed by atoms with van der Waals surface area (Å²) in [6.07, 6.45) is 6.25. The van der Waals surface area contributed by atoms with E-state index in [1.165, 1.54) is 17.3 Å². The molecule has 4 rings (SSSR count). The molecule has 6 heteroatoms. The summed E-state index contributed by atoms with van der Waals surface area (Å²) < 4.78 is 0. The third-order valence-corrected chi connectivity index (χ3v) is 5.26. The summed E-state index contributed by atoms with van der Waals surface area (Å²) in [6, 6.07) is 13.5. The molecule has 1 aliphatic heterocycles. The Morgan fingerprint density at radius 1 is 0.900 bits per heavy atom. The van der Waals surface area contributed by atoms with Crippen molar-refractivity contribution >= 4 is 23.1 Å². The van der Waals surface area contributed by atoms with Crippen LogP contribution in [0.25, 0.3) is 5.76 Å². The van der Waals surface area contributed by atoms with Crippen LogP contribution >= 0.6 is 0 Å². The lowest BCUT2D eigenvalue weighted by Gasteiger charge is -2.25. The van der Waals surface area contributed by atoms with Crippen molar-refractivity contribution in [3.8, 4) is 0 Å². The zero-order chi connectivity index (χ0) is 21.3. The van der Waals surface area contributed by atoms with E-state index in [4.69, 9.17) is 0 Å². The van der Waals surface area contributed by atoms with E-state index in [1.54, 1.807) is 36.7 Å². The van der Waals surface area contributed by atoms with Crippen molar-refractivity contribution < 1.29 is 14.7 Å². The fourth-order valence-electron chi connectivity index (χ4n) is 3.65. The van der Waals surface area contributed by atoms with Crippen molar-refractivity contribution in [2.75, 3.05) is 4.90 Å². The smallest absolute Gasteiger partial charge is 0.300 e. The highest BCUT2D eigenvalue weighted by Gasteiger charge is 2.46. The predicted molar refractivity (Wildman–Crippen MR) is 114 cm³/mol. The fourth-order valence-corrected chi connectivity index (χ4v) is 3.65. The molecule has 1 aromatic carbocycles. The summed E-state index contributed by atoms with van der Waals surface area (Å²) in [7, 11) is 0. The minimum absolute atomic E-state index is 0.0466. The lowest BCUT2D eigenvalue weighted by Crippen LogP contribution is -2.29. The standard InChI is InChI=1S/C24H21N3O3/c1-15(2)16-3-5-19(6-4-16)27-21(17-7-11-25-12-8-17)20(23(29)24(27)30)22(28)18-9-13-26-14-10-18/h3-15,21,28H,1-2H3/b22-20+. The Labute approximate surface area is 174 Å². The third kappa shape index (κ3) is 3.37. The number of carbonyl (C=O) groups excluding carboxylic acids is 2. The Morgan fingerprint density at radius 2 is 1.47 bits per heavy atom. The van der Waals surface area contributed by atoms with E-state index >= 15 is 0 Å². The highest BCUT2D eigenvalue weighted by molar-refractivity contribution is 6.51. The molecule has 1 atom stereocenters. The molecule has 0 bridgehead atoms. The lowest BCUT2D eigenvalue weighted by molar-refractivity contribution is -0.132. The van der Waals surface area contributed by atoms with Gasteiger partial charge < -0.3 is 5.11 Å². The summed E-state index contributed by atoms with van der Waals surface area (Å²) in [5, 5.41) is 11.0. The van der Waals surface area contributed by atoms with Crippen LogP contribution in [0.1, 0.15) is 42.5 Å². The second-order valence-corrected chi connectivity index (χ2v) is 7.43. The number of nitrogens with zero attached hydrogens (tertiary/aromatic N) is 3. The zero-order valence-corrected chi connectivity index (χ0v) is 16.7. The van der Waals surface area contributed by atoms with Crippen LogP contribution in [0.2, 0.25) is 0 Å². The number of Topliss-reactive ketones (excluding diaryl/α,β-unsaturated/α-hetero) is 1. The van der Waals surface area contributed by atoms with Crippen LogP contribution < -0.4 is 4.90 Å². The van der Waals surface area contributed by atoms with Gasteiger partial charge in [-0.25, -0.2) is 0 Å². The SMILES string of the molecule is CC(C)c1ccc(N2C(=O)C(=O)/C(=C(/O)c3ccncc3)C2c2ccncc2)cc1. The first kappa shape index (κ1) is 19.5. The van der Waals surface area contributed by atoms with Crippen molar-refractivity contribution in [2.45, 2.75) is 25.8 Å². The number of carbonyl (C=O) groups is 2. The molecule has 6 nitrogen and oxygen atoms in total. The van der Waals surface area contributed by atoms with E-state index in [0.717, 1.165) is 5.56 Å². The zero-order valence-electron chi connectivity index (χ0n) is 16.7. The molecule has 0 radical (unpaired) electrons.